The summed E-state index contributed by atoms with van der Waals surface area (Å²) in [5.74, 6) is -0.286. The van der Waals surface area contributed by atoms with Crippen molar-refractivity contribution in [3.05, 3.63) is 87.0 Å². The summed E-state index contributed by atoms with van der Waals surface area (Å²) in [6.45, 7) is 1.89. The molecule has 1 amide bonds. The van der Waals surface area contributed by atoms with E-state index in [0.29, 0.717) is 38.2 Å². The Labute approximate surface area is 154 Å². The number of carbonyl (C=O) groups excluding carboxylic acids is 1. The number of benzene rings is 3. The zero-order chi connectivity index (χ0) is 18.3. The van der Waals surface area contributed by atoms with Crippen molar-refractivity contribution in [3.8, 4) is 0 Å². The number of aryl methyl sites for hydroxylation is 1. The lowest BCUT2D eigenvalue weighted by Crippen LogP contribution is -2.12. The Bertz CT molecular complexity index is 1230. The first kappa shape index (κ1) is 16.4. The Morgan fingerprint density at radius 1 is 1.00 bits per heavy atom. The minimum absolute atomic E-state index is 0.0855. The van der Waals surface area contributed by atoms with Gasteiger partial charge in [0.2, 0.25) is 5.43 Å². The van der Waals surface area contributed by atoms with E-state index in [0.717, 1.165) is 5.56 Å². The van der Waals surface area contributed by atoms with Crippen molar-refractivity contribution in [3.63, 3.8) is 0 Å². The van der Waals surface area contributed by atoms with Crippen molar-refractivity contribution < 1.29 is 9.21 Å². The van der Waals surface area contributed by atoms with Crippen LogP contribution in [-0.4, -0.2) is 5.91 Å². The van der Waals surface area contributed by atoms with Gasteiger partial charge in [0.15, 0.2) is 0 Å². The van der Waals surface area contributed by atoms with Crippen molar-refractivity contribution in [2.45, 2.75) is 6.92 Å². The molecule has 128 valence electrons. The van der Waals surface area contributed by atoms with Crippen molar-refractivity contribution in [2.24, 2.45) is 0 Å². The fourth-order valence-electron chi connectivity index (χ4n) is 2.93. The number of para-hydroxylation sites is 1. The number of anilines is 1. The number of carbonyl (C=O) groups is 1. The van der Waals surface area contributed by atoms with E-state index in [4.69, 9.17) is 16.0 Å². The quantitative estimate of drug-likeness (QED) is 0.500. The maximum absolute atomic E-state index is 12.7. The summed E-state index contributed by atoms with van der Waals surface area (Å²) in [6.07, 6.45) is 0. The number of amides is 1. The van der Waals surface area contributed by atoms with Crippen LogP contribution in [0.1, 0.15) is 15.9 Å². The first-order chi connectivity index (χ1) is 12.5. The predicted molar refractivity (Wildman–Crippen MR) is 104 cm³/mol. The highest BCUT2D eigenvalue weighted by Crippen LogP contribution is 2.24. The summed E-state index contributed by atoms with van der Waals surface area (Å²) in [7, 11) is 0. The van der Waals surface area contributed by atoms with Crippen LogP contribution in [0, 0.1) is 6.92 Å². The molecule has 0 radical (unpaired) electrons. The molecule has 0 fully saturated rings. The van der Waals surface area contributed by atoms with Crippen LogP contribution in [0.2, 0.25) is 5.02 Å². The number of nitrogens with one attached hydrogen (secondary N) is 1. The van der Waals surface area contributed by atoms with Crippen LogP contribution in [0.5, 0.6) is 0 Å². The van der Waals surface area contributed by atoms with E-state index in [1.54, 1.807) is 48.5 Å². The number of halogens is 1. The zero-order valence-corrected chi connectivity index (χ0v) is 14.6. The molecule has 1 heterocycles. The number of hydrogen-bond acceptors (Lipinski definition) is 3. The topological polar surface area (TPSA) is 59.3 Å². The Morgan fingerprint density at radius 2 is 1.81 bits per heavy atom. The van der Waals surface area contributed by atoms with Gasteiger partial charge in [-0.3, -0.25) is 9.59 Å². The van der Waals surface area contributed by atoms with Gasteiger partial charge in [0.25, 0.3) is 5.91 Å². The Hall–Kier alpha value is -3.11. The van der Waals surface area contributed by atoms with Crippen LogP contribution < -0.4 is 10.7 Å². The fourth-order valence-corrected chi connectivity index (χ4v) is 3.12. The molecule has 4 nitrogen and oxygen atoms in total. The van der Waals surface area contributed by atoms with Crippen molar-refractivity contribution >= 4 is 45.1 Å². The lowest BCUT2D eigenvalue weighted by atomic mass is 10.1. The van der Waals surface area contributed by atoms with Crippen LogP contribution >= 0.6 is 11.6 Å². The van der Waals surface area contributed by atoms with Crippen LogP contribution in [-0.2, 0) is 0 Å². The molecule has 1 N–H and O–H groups in total. The Kier molecular flexibility index (Phi) is 3.98. The molecular weight excluding hydrogens is 350 g/mol. The second-order valence-corrected chi connectivity index (χ2v) is 6.49. The van der Waals surface area contributed by atoms with E-state index in [-0.39, 0.29) is 11.3 Å². The third kappa shape index (κ3) is 2.85. The third-order valence-electron chi connectivity index (χ3n) is 4.24. The molecule has 0 aliphatic rings. The van der Waals surface area contributed by atoms with Gasteiger partial charge in [0.05, 0.1) is 10.8 Å². The lowest BCUT2D eigenvalue weighted by Gasteiger charge is -2.08. The minimum Gasteiger partial charge on any atom is -0.455 e. The molecular formula is C21H14ClNO3. The van der Waals surface area contributed by atoms with Crippen LogP contribution in [0.3, 0.4) is 0 Å². The Morgan fingerprint density at radius 3 is 2.62 bits per heavy atom. The molecule has 0 saturated carbocycles. The van der Waals surface area contributed by atoms with Crippen LogP contribution in [0.4, 0.5) is 5.69 Å². The van der Waals surface area contributed by atoms with Gasteiger partial charge in [0.1, 0.15) is 11.2 Å². The summed E-state index contributed by atoms with van der Waals surface area (Å²) in [5, 5.41) is 4.32. The van der Waals surface area contributed by atoms with E-state index in [1.165, 1.54) is 0 Å². The predicted octanol–water partition coefficient (Wildman–Crippen LogP) is 5.16. The normalized spacial score (nSPS) is 11.0. The SMILES string of the molecule is Cc1cccc2c(=O)c3ccc(NC(=O)c4cccc(Cl)c4)cc3oc12. The summed E-state index contributed by atoms with van der Waals surface area (Å²) < 4.78 is 5.93. The second-order valence-electron chi connectivity index (χ2n) is 6.06. The standard InChI is InChI=1S/C21H14ClNO3/c1-12-4-2-7-17-19(24)16-9-8-15(11-18(16)26-20(12)17)23-21(25)13-5-3-6-14(22)10-13/h2-11H,1H3,(H,23,25). The van der Waals surface area contributed by atoms with Crippen molar-refractivity contribution in [1.82, 2.24) is 0 Å². The molecule has 5 heteroatoms. The highest BCUT2D eigenvalue weighted by Gasteiger charge is 2.11. The highest BCUT2D eigenvalue weighted by atomic mass is 35.5. The number of fused-ring (bicyclic) bond motifs is 2. The summed E-state index contributed by atoms with van der Waals surface area (Å²) in [6, 6.07) is 17.2. The van der Waals surface area contributed by atoms with Gasteiger partial charge < -0.3 is 9.73 Å². The summed E-state index contributed by atoms with van der Waals surface area (Å²) in [4.78, 5) is 25.0. The molecule has 4 rings (SSSR count). The first-order valence-corrected chi connectivity index (χ1v) is 8.44. The van der Waals surface area contributed by atoms with Gasteiger partial charge >= 0.3 is 0 Å². The van der Waals surface area contributed by atoms with Crippen LogP contribution in [0.15, 0.2) is 69.9 Å². The van der Waals surface area contributed by atoms with E-state index < -0.39 is 0 Å². The lowest BCUT2D eigenvalue weighted by molar-refractivity contribution is 0.102. The van der Waals surface area contributed by atoms with Crippen LogP contribution in [0.25, 0.3) is 21.9 Å². The molecule has 0 bridgehead atoms. The van der Waals surface area contributed by atoms with Gasteiger partial charge in [-0.1, -0.05) is 29.8 Å². The molecule has 4 aromatic rings. The fraction of sp³-hybridized carbons (Fsp3) is 0.0476. The maximum atomic E-state index is 12.7. The van der Waals surface area contributed by atoms with E-state index >= 15 is 0 Å². The molecule has 1 aromatic heterocycles. The van der Waals surface area contributed by atoms with Gasteiger partial charge in [-0.25, -0.2) is 0 Å². The van der Waals surface area contributed by atoms with Gasteiger partial charge in [-0.2, -0.15) is 0 Å². The average molecular weight is 364 g/mol. The smallest absolute Gasteiger partial charge is 0.255 e. The molecule has 0 spiro atoms. The monoisotopic (exact) mass is 363 g/mol. The van der Waals surface area contributed by atoms with E-state index in [2.05, 4.69) is 5.32 Å². The van der Waals surface area contributed by atoms with Crippen molar-refractivity contribution in [1.29, 1.82) is 0 Å². The van der Waals surface area contributed by atoms with Crippen molar-refractivity contribution in [2.75, 3.05) is 5.32 Å². The third-order valence-corrected chi connectivity index (χ3v) is 4.47. The van der Waals surface area contributed by atoms with Gasteiger partial charge in [-0.15, -0.1) is 0 Å². The van der Waals surface area contributed by atoms with E-state index in [1.807, 2.05) is 19.1 Å². The number of hydrogen-bond donors (Lipinski definition) is 1. The van der Waals surface area contributed by atoms with E-state index in [9.17, 15) is 9.59 Å². The summed E-state index contributed by atoms with van der Waals surface area (Å²) >= 11 is 5.93. The average Bonchev–Trinajstić information content (AvgIpc) is 2.63. The Balaban J connectivity index is 1.78. The molecule has 26 heavy (non-hydrogen) atoms. The number of rotatable bonds is 2. The molecule has 0 unspecified atom stereocenters. The highest BCUT2D eigenvalue weighted by molar-refractivity contribution is 6.31. The molecule has 0 aliphatic carbocycles. The zero-order valence-electron chi connectivity index (χ0n) is 13.9. The molecule has 0 aliphatic heterocycles. The summed E-state index contributed by atoms with van der Waals surface area (Å²) in [5.41, 5.74) is 2.78. The minimum atomic E-state index is -0.286. The largest absolute Gasteiger partial charge is 0.455 e. The van der Waals surface area contributed by atoms with Gasteiger partial charge in [0, 0.05) is 22.3 Å². The second kappa shape index (κ2) is 6.32. The van der Waals surface area contributed by atoms with Gasteiger partial charge in [-0.05, 0) is 48.9 Å². The molecule has 0 atom stereocenters. The first-order valence-electron chi connectivity index (χ1n) is 8.06. The maximum Gasteiger partial charge on any atom is 0.255 e. The molecule has 3 aromatic carbocycles. The molecule has 0 saturated heterocycles.